The molecule has 0 saturated heterocycles. The van der Waals surface area contributed by atoms with Crippen LogP contribution in [0.25, 0.3) is 0 Å². The van der Waals surface area contributed by atoms with Crippen LogP contribution in [0.2, 0.25) is 0 Å². The Morgan fingerprint density at radius 3 is 2.48 bits per heavy atom. The molecule has 1 heterocycles. The zero-order valence-electron chi connectivity index (χ0n) is 17.1. The lowest BCUT2D eigenvalue weighted by Gasteiger charge is -2.36. The lowest BCUT2D eigenvalue weighted by atomic mass is 9.81. The minimum atomic E-state index is -3.66. The van der Waals surface area contributed by atoms with Crippen LogP contribution in [0.1, 0.15) is 39.5 Å². The number of phenolic OH excluding ortho intramolecular Hbond substituents is 1. The molecule has 1 aliphatic heterocycles. The Kier molecular flexibility index (Phi) is 6.08. The minimum absolute atomic E-state index is 0.00691. The zero-order valence-corrected chi connectivity index (χ0v) is 17.9. The minimum Gasteiger partial charge on any atom is -0.504 e. The number of hydrogen-bond donors (Lipinski definition) is 1. The van der Waals surface area contributed by atoms with Crippen LogP contribution in [0, 0.1) is 11.2 Å². The van der Waals surface area contributed by atoms with E-state index < -0.39 is 15.3 Å². The first kappa shape index (κ1) is 21.4. The third kappa shape index (κ3) is 4.20. The number of halogens is 1. The van der Waals surface area contributed by atoms with Gasteiger partial charge in [-0.3, -0.25) is 0 Å². The number of aromatic hydroxyl groups is 1. The van der Waals surface area contributed by atoms with Crippen molar-refractivity contribution in [2.24, 2.45) is 5.41 Å². The van der Waals surface area contributed by atoms with Crippen LogP contribution in [-0.4, -0.2) is 32.9 Å². The van der Waals surface area contributed by atoms with Crippen molar-refractivity contribution < 1.29 is 22.7 Å². The lowest BCUT2D eigenvalue weighted by Crippen LogP contribution is -2.37. The van der Waals surface area contributed by atoms with E-state index >= 15 is 0 Å². The van der Waals surface area contributed by atoms with Gasteiger partial charge in [0.25, 0.3) is 0 Å². The smallest absolute Gasteiger partial charge is 0.181 e. The first-order valence-electron chi connectivity index (χ1n) is 9.92. The van der Waals surface area contributed by atoms with E-state index in [1.807, 2.05) is 11.8 Å². The van der Waals surface area contributed by atoms with Crippen molar-refractivity contribution in [3.63, 3.8) is 0 Å². The number of methoxy groups -OCH3 is 1. The number of unbranched alkanes of at least 4 members (excludes halogenated alkanes) is 1. The van der Waals surface area contributed by atoms with Crippen molar-refractivity contribution in [3.8, 4) is 11.5 Å². The molecule has 0 spiro atoms. The molecule has 158 valence electrons. The van der Waals surface area contributed by atoms with Crippen molar-refractivity contribution in [2.75, 3.05) is 24.3 Å². The zero-order chi connectivity index (χ0) is 21.2. The number of rotatable bonds is 6. The molecule has 1 aliphatic rings. The van der Waals surface area contributed by atoms with Crippen LogP contribution in [0.15, 0.2) is 41.3 Å². The first-order valence-corrected chi connectivity index (χ1v) is 11.6. The summed E-state index contributed by atoms with van der Waals surface area (Å²) in [6.07, 6.45) is 3.36. The van der Waals surface area contributed by atoms with E-state index in [4.69, 9.17) is 4.74 Å². The predicted octanol–water partition coefficient (Wildman–Crippen LogP) is 5.05. The molecule has 0 aromatic heterocycles. The number of benzene rings is 2. The molecule has 0 radical (unpaired) electrons. The summed E-state index contributed by atoms with van der Waals surface area (Å²) in [5, 5.41) is 10.3. The van der Waals surface area contributed by atoms with E-state index in [9.17, 15) is 17.9 Å². The second kappa shape index (κ2) is 8.22. The second-order valence-electron chi connectivity index (χ2n) is 7.77. The highest BCUT2D eigenvalue weighted by molar-refractivity contribution is 7.91. The molecule has 5 nitrogen and oxygen atoms in total. The third-order valence-electron chi connectivity index (χ3n) is 5.82. The Bertz CT molecular complexity index is 975. The van der Waals surface area contributed by atoms with E-state index in [-0.39, 0.29) is 28.0 Å². The highest BCUT2D eigenvalue weighted by Gasteiger charge is 2.41. The molecule has 0 saturated carbocycles. The van der Waals surface area contributed by atoms with Crippen molar-refractivity contribution in [2.45, 2.75) is 44.4 Å². The fourth-order valence-electron chi connectivity index (χ4n) is 4.05. The summed E-state index contributed by atoms with van der Waals surface area (Å²) in [6, 6.07) is 8.85. The lowest BCUT2D eigenvalue weighted by molar-refractivity contribution is 0.290. The summed E-state index contributed by atoms with van der Waals surface area (Å²) in [5.74, 6) is -0.366. The molecule has 2 aromatic rings. The average molecular weight is 422 g/mol. The van der Waals surface area contributed by atoms with E-state index in [2.05, 4.69) is 6.92 Å². The SMILES string of the molecule is CCCCC1(CC)CN(c2ccc(F)cc2)c2cc(OC)c(O)cc2S(=O)(=O)C1. The van der Waals surface area contributed by atoms with Crippen LogP contribution in [0.4, 0.5) is 15.8 Å². The van der Waals surface area contributed by atoms with Gasteiger partial charge < -0.3 is 14.7 Å². The highest BCUT2D eigenvalue weighted by Crippen LogP contribution is 2.47. The standard InChI is InChI=1S/C22H28FNO4S/c1-4-6-11-22(5-2)14-24(17-9-7-16(23)8-10-17)18-12-20(28-3)19(25)13-21(18)29(26,27)15-22/h7-10,12-13,25H,4-6,11,14-15H2,1-3H3. The molecule has 1 unspecified atom stereocenters. The summed E-state index contributed by atoms with van der Waals surface area (Å²) in [5.41, 5.74) is 0.690. The van der Waals surface area contributed by atoms with Gasteiger partial charge in [-0.05, 0) is 37.1 Å². The molecular weight excluding hydrogens is 393 g/mol. The number of nitrogens with zero attached hydrogens (tertiary/aromatic N) is 1. The molecule has 0 fully saturated rings. The van der Waals surface area contributed by atoms with Crippen molar-refractivity contribution >= 4 is 21.2 Å². The van der Waals surface area contributed by atoms with Gasteiger partial charge in [0.05, 0.1) is 23.4 Å². The maximum Gasteiger partial charge on any atom is 0.181 e. The van der Waals surface area contributed by atoms with Gasteiger partial charge in [-0.25, -0.2) is 12.8 Å². The Morgan fingerprint density at radius 1 is 1.21 bits per heavy atom. The Morgan fingerprint density at radius 2 is 1.90 bits per heavy atom. The number of ether oxygens (including phenoxy) is 1. The van der Waals surface area contributed by atoms with Gasteiger partial charge in [-0.15, -0.1) is 0 Å². The van der Waals surface area contributed by atoms with Gasteiger partial charge in [-0.1, -0.05) is 26.7 Å². The van der Waals surface area contributed by atoms with Gasteiger partial charge >= 0.3 is 0 Å². The van der Waals surface area contributed by atoms with Crippen LogP contribution < -0.4 is 9.64 Å². The maximum atomic E-state index is 13.5. The Hall–Kier alpha value is -2.28. The Labute approximate surface area is 172 Å². The largest absolute Gasteiger partial charge is 0.504 e. The molecule has 2 aromatic carbocycles. The Balaban J connectivity index is 2.26. The fourth-order valence-corrected chi connectivity index (χ4v) is 6.23. The van der Waals surface area contributed by atoms with Crippen LogP contribution in [-0.2, 0) is 9.84 Å². The molecule has 7 heteroatoms. The molecule has 0 bridgehead atoms. The van der Waals surface area contributed by atoms with Gasteiger partial charge in [0.15, 0.2) is 21.3 Å². The third-order valence-corrected chi connectivity index (χ3v) is 7.81. The number of phenols is 1. The monoisotopic (exact) mass is 421 g/mol. The van der Waals surface area contributed by atoms with Gasteiger partial charge in [0, 0.05) is 29.8 Å². The van der Waals surface area contributed by atoms with Crippen molar-refractivity contribution in [1.29, 1.82) is 0 Å². The predicted molar refractivity (Wildman–Crippen MR) is 112 cm³/mol. The molecule has 1 N–H and O–H groups in total. The van der Waals surface area contributed by atoms with E-state index in [0.717, 1.165) is 19.3 Å². The summed E-state index contributed by atoms with van der Waals surface area (Å²) >= 11 is 0. The number of anilines is 2. The van der Waals surface area contributed by atoms with E-state index in [0.29, 0.717) is 24.3 Å². The average Bonchev–Trinajstić information content (AvgIpc) is 2.79. The van der Waals surface area contributed by atoms with E-state index in [1.165, 1.54) is 25.3 Å². The van der Waals surface area contributed by atoms with Gasteiger partial charge in [0.1, 0.15) is 5.82 Å². The summed E-state index contributed by atoms with van der Waals surface area (Å²) in [4.78, 5) is 1.99. The summed E-state index contributed by atoms with van der Waals surface area (Å²) in [7, 11) is -2.23. The molecule has 29 heavy (non-hydrogen) atoms. The topological polar surface area (TPSA) is 66.8 Å². The van der Waals surface area contributed by atoms with Gasteiger partial charge in [0.2, 0.25) is 0 Å². The highest BCUT2D eigenvalue weighted by atomic mass is 32.2. The number of hydrogen-bond acceptors (Lipinski definition) is 5. The molecule has 0 amide bonds. The summed E-state index contributed by atoms with van der Waals surface area (Å²) < 4.78 is 45.5. The molecule has 1 atom stereocenters. The van der Waals surface area contributed by atoms with Crippen LogP contribution >= 0.6 is 0 Å². The second-order valence-corrected chi connectivity index (χ2v) is 9.73. The number of fused-ring (bicyclic) bond motifs is 1. The molecular formula is C22H28FNO4S. The van der Waals surface area contributed by atoms with Crippen molar-refractivity contribution in [1.82, 2.24) is 0 Å². The molecule has 0 aliphatic carbocycles. The summed E-state index contributed by atoms with van der Waals surface area (Å²) in [6.45, 7) is 4.58. The van der Waals surface area contributed by atoms with Crippen LogP contribution in [0.3, 0.4) is 0 Å². The van der Waals surface area contributed by atoms with Crippen molar-refractivity contribution in [3.05, 3.63) is 42.2 Å². The number of sulfone groups is 1. The van der Waals surface area contributed by atoms with E-state index in [1.54, 1.807) is 18.2 Å². The van der Waals surface area contributed by atoms with Gasteiger partial charge in [-0.2, -0.15) is 0 Å². The normalized spacial score (nSPS) is 20.8. The maximum absolute atomic E-state index is 13.5. The first-order chi connectivity index (χ1) is 13.7. The van der Waals surface area contributed by atoms with Crippen LogP contribution in [0.5, 0.6) is 11.5 Å². The quantitative estimate of drug-likeness (QED) is 0.707. The molecule has 3 rings (SSSR count). The fraction of sp³-hybridized carbons (Fsp3) is 0.455.